The van der Waals surface area contributed by atoms with E-state index >= 15 is 0 Å². The van der Waals surface area contributed by atoms with Crippen LogP contribution in [-0.4, -0.2) is 26.0 Å². The number of aromatic amines is 1. The van der Waals surface area contributed by atoms with Crippen LogP contribution in [0.5, 0.6) is 0 Å². The van der Waals surface area contributed by atoms with Crippen LogP contribution in [0.1, 0.15) is 5.56 Å². The van der Waals surface area contributed by atoms with Gasteiger partial charge in [-0.25, -0.2) is 4.98 Å². The first-order valence-electron chi connectivity index (χ1n) is 4.86. The fourth-order valence-corrected chi connectivity index (χ4v) is 2.10. The molecule has 2 aromatic heterocycles. The number of nitrogens with one attached hydrogen (secondary N) is 1. The van der Waals surface area contributed by atoms with Gasteiger partial charge in [0.15, 0.2) is 11.0 Å². The van der Waals surface area contributed by atoms with Gasteiger partial charge in [-0.1, -0.05) is 5.16 Å². The van der Waals surface area contributed by atoms with Gasteiger partial charge in [0.2, 0.25) is 0 Å². The first-order valence-corrected chi connectivity index (χ1v) is 5.67. The van der Waals surface area contributed by atoms with Gasteiger partial charge in [-0.15, -0.1) is 0 Å². The number of hydrogen-bond acceptors (Lipinski definition) is 6. The van der Waals surface area contributed by atoms with Crippen molar-refractivity contribution in [3.05, 3.63) is 46.6 Å². The minimum Gasteiger partial charge on any atom is -0.409 e. The lowest BCUT2D eigenvalue weighted by Crippen LogP contribution is -2.14. The van der Waals surface area contributed by atoms with Gasteiger partial charge in [0.25, 0.3) is 5.56 Å². The molecule has 0 radical (unpaired) electrons. The lowest BCUT2D eigenvalue weighted by molar-refractivity contribution is 0.318. The molecule has 4 N–H and O–H groups in total. The molecule has 0 amide bonds. The Morgan fingerprint density at radius 1 is 1.44 bits per heavy atom. The van der Waals surface area contributed by atoms with Crippen LogP contribution in [-0.2, 0) is 0 Å². The number of H-pyrrole nitrogens is 1. The Hall–Kier alpha value is -2.35. The summed E-state index contributed by atoms with van der Waals surface area (Å²) in [5.74, 6) is -0.0295. The first-order chi connectivity index (χ1) is 8.70. The highest BCUT2D eigenvalue weighted by Crippen LogP contribution is 2.26. The van der Waals surface area contributed by atoms with Crippen molar-refractivity contribution in [3.8, 4) is 0 Å². The molecule has 0 aliphatic rings. The van der Waals surface area contributed by atoms with E-state index in [4.69, 9.17) is 10.9 Å². The van der Waals surface area contributed by atoms with E-state index in [1.54, 1.807) is 12.3 Å². The maximum Gasteiger partial charge on any atom is 0.251 e. The second-order valence-electron chi connectivity index (χ2n) is 3.20. The highest BCUT2D eigenvalue weighted by atomic mass is 32.2. The number of oxime groups is 1. The zero-order chi connectivity index (χ0) is 13.0. The van der Waals surface area contributed by atoms with Crippen LogP contribution in [0.4, 0.5) is 0 Å². The molecule has 0 unspecified atom stereocenters. The molecule has 0 bridgehead atoms. The molecule has 0 aliphatic carbocycles. The van der Waals surface area contributed by atoms with Crippen LogP contribution in [0, 0.1) is 0 Å². The molecule has 0 atom stereocenters. The molecule has 18 heavy (non-hydrogen) atoms. The predicted octanol–water partition coefficient (Wildman–Crippen LogP) is 0.411. The van der Waals surface area contributed by atoms with E-state index in [0.29, 0.717) is 15.6 Å². The van der Waals surface area contributed by atoms with Crippen molar-refractivity contribution in [2.75, 3.05) is 0 Å². The van der Waals surface area contributed by atoms with Crippen molar-refractivity contribution in [3.63, 3.8) is 0 Å². The van der Waals surface area contributed by atoms with Crippen molar-refractivity contribution >= 4 is 17.6 Å². The zero-order valence-corrected chi connectivity index (χ0v) is 9.89. The molecule has 0 saturated heterocycles. The van der Waals surface area contributed by atoms with E-state index < -0.39 is 0 Å². The maximum absolute atomic E-state index is 11.1. The summed E-state index contributed by atoms with van der Waals surface area (Å²) in [6.07, 6.45) is 4.48. The fraction of sp³-hybridized carbons (Fsp3) is 0. The highest BCUT2D eigenvalue weighted by molar-refractivity contribution is 7.99. The Balaban J connectivity index is 2.38. The predicted molar refractivity (Wildman–Crippen MR) is 65.7 cm³/mol. The lowest BCUT2D eigenvalue weighted by atomic mass is 10.2. The molecular weight excluding hydrogens is 254 g/mol. The van der Waals surface area contributed by atoms with Gasteiger partial charge in [-0.2, -0.15) is 0 Å². The Morgan fingerprint density at radius 3 is 3.00 bits per heavy atom. The minimum absolute atomic E-state index is 0.0295. The van der Waals surface area contributed by atoms with E-state index in [9.17, 15) is 4.79 Å². The number of nitrogens with zero attached hydrogens (tertiary/aromatic N) is 3. The van der Waals surface area contributed by atoms with Crippen LogP contribution in [0.2, 0.25) is 0 Å². The largest absolute Gasteiger partial charge is 0.409 e. The van der Waals surface area contributed by atoms with Crippen molar-refractivity contribution in [1.82, 2.24) is 15.0 Å². The average molecular weight is 263 g/mol. The first kappa shape index (κ1) is 12.1. The molecule has 8 heteroatoms. The summed E-state index contributed by atoms with van der Waals surface area (Å²) < 4.78 is 0. The zero-order valence-electron chi connectivity index (χ0n) is 9.07. The molecule has 7 nitrogen and oxygen atoms in total. The highest BCUT2D eigenvalue weighted by Gasteiger charge is 2.09. The van der Waals surface area contributed by atoms with E-state index in [2.05, 4.69) is 20.1 Å². The Labute approximate surface area is 106 Å². The third-order valence-corrected chi connectivity index (χ3v) is 2.97. The van der Waals surface area contributed by atoms with Crippen LogP contribution in [0.25, 0.3) is 0 Å². The van der Waals surface area contributed by atoms with Gasteiger partial charge < -0.3 is 15.9 Å². The second-order valence-corrected chi connectivity index (χ2v) is 4.23. The second kappa shape index (κ2) is 5.32. The quantitative estimate of drug-likeness (QED) is 0.243. The summed E-state index contributed by atoms with van der Waals surface area (Å²) >= 11 is 1.17. The summed E-state index contributed by atoms with van der Waals surface area (Å²) in [4.78, 5) is 22.3. The Kier molecular flexibility index (Phi) is 3.58. The SMILES string of the molecule is N/C(=N/O)c1ccncc1Sc1nccc(=O)[nH]1. The summed E-state index contributed by atoms with van der Waals surface area (Å²) in [7, 11) is 0. The molecule has 0 aromatic carbocycles. The van der Waals surface area contributed by atoms with E-state index in [1.165, 1.54) is 30.2 Å². The van der Waals surface area contributed by atoms with Crippen LogP contribution < -0.4 is 11.3 Å². The van der Waals surface area contributed by atoms with E-state index in [0.717, 1.165) is 0 Å². The molecule has 2 rings (SSSR count). The molecule has 92 valence electrons. The van der Waals surface area contributed by atoms with Gasteiger partial charge in [-0.05, 0) is 17.8 Å². The summed E-state index contributed by atoms with van der Waals surface area (Å²) in [5, 5.41) is 12.0. The number of nitrogens with two attached hydrogens (primary N) is 1. The Morgan fingerprint density at radius 2 is 2.28 bits per heavy atom. The van der Waals surface area contributed by atoms with Crippen LogP contribution >= 0.6 is 11.8 Å². The standard InChI is InChI=1S/C10H9N5O2S/c11-9(15-17)6-1-3-12-5-7(6)18-10-13-4-2-8(16)14-10/h1-5,17H,(H2,11,15)(H,13,14,16). The molecule has 0 spiro atoms. The smallest absolute Gasteiger partial charge is 0.251 e. The number of amidine groups is 1. The molecule has 0 saturated carbocycles. The normalized spacial score (nSPS) is 11.4. The van der Waals surface area contributed by atoms with Crippen LogP contribution in [0.15, 0.2) is 50.7 Å². The third kappa shape index (κ3) is 2.66. The van der Waals surface area contributed by atoms with Crippen LogP contribution in [0.3, 0.4) is 0 Å². The van der Waals surface area contributed by atoms with Gasteiger partial charge in [0, 0.05) is 35.1 Å². The van der Waals surface area contributed by atoms with Crippen molar-refractivity contribution in [1.29, 1.82) is 0 Å². The monoisotopic (exact) mass is 263 g/mol. The van der Waals surface area contributed by atoms with Crippen molar-refractivity contribution < 1.29 is 5.21 Å². The molecule has 2 heterocycles. The third-order valence-electron chi connectivity index (χ3n) is 2.02. The number of hydrogen-bond donors (Lipinski definition) is 3. The summed E-state index contributed by atoms with van der Waals surface area (Å²) in [6, 6.07) is 2.93. The molecule has 2 aromatic rings. The van der Waals surface area contributed by atoms with E-state index in [1.807, 2.05) is 0 Å². The number of rotatable bonds is 3. The topological polar surface area (TPSA) is 117 Å². The van der Waals surface area contributed by atoms with E-state index in [-0.39, 0.29) is 11.4 Å². The number of aromatic nitrogens is 3. The average Bonchev–Trinajstić information content (AvgIpc) is 2.38. The van der Waals surface area contributed by atoms with Gasteiger partial charge in [0.05, 0.1) is 0 Å². The van der Waals surface area contributed by atoms with Gasteiger partial charge in [-0.3, -0.25) is 9.78 Å². The summed E-state index contributed by atoms with van der Waals surface area (Å²) in [5.41, 5.74) is 5.81. The Bertz CT molecular complexity index is 640. The molecular formula is C10H9N5O2S. The van der Waals surface area contributed by atoms with Crippen molar-refractivity contribution in [2.45, 2.75) is 10.1 Å². The van der Waals surface area contributed by atoms with Crippen molar-refractivity contribution in [2.24, 2.45) is 10.9 Å². The molecule has 0 aliphatic heterocycles. The van der Waals surface area contributed by atoms with Gasteiger partial charge in [0.1, 0.15) is 0 Å². The minimum atomic E-state index is -0.248. The fourth-order valence-electron chi connectivity index (χ4n) is 1.23. The number of pyridine rings is 1. The summed E-state index contributed by atoms with van der Waals surface area (Å²) in [6.45, 7) is 0. The lowest BCUT2D eigenvalue weighted by Gasteiger charge is -2.05. The van der Waals surface area contributed by atoms with Gasteiger partial charge >= 0.3 is 0 Å². The maximum atomic E-state index is 11.1. The molecule has 0 fully saturated rings.